The number of hydrogen-bond acceptors (Lipinski definition) is 3. The number of hydrogen-bond donors (Lipinski definition) is 1. The fourth-order valence-electron chi connectivity index (χ4n) is 3.23. The van der Waals surface area contributed by atoms with Crippen LogP contribution in [0.15, 0.2) is 47.4 Å². The average Bonchev–Trinajstić information content (AvgIpc) is 2.69. The lowest BCUT2D eigenvalue weighted by Crippen LogP contribution is -2.45. The molecule has 0 spiro atoms. The highest BCUT2D eigenvalue weighted by Gasteiger charge is 2.34. The zero-order chi connectivity index (χ0) is 20.3. The fraction of sp³-hybridized carbons (Fsp3) is 0.350. The summed E-state index contributed by atoms with van der Waals surface area (Å²) in [4.78, 5) is 12.6. The van der Waals surface area contributed by atoms with E-state index in [1.165, 1.54) is 16.4 Å². The maximum absolute atomic E-state index is 13.0. The Morgan fingerprint density at radius 1 is 1.18 bits per heavy atom. The summed E-state index contributed by atoms with van der Waals surface area (Å²) in [5.74, 6) is -0.537. The van der Waals surface area contributed by atoms with Gasteiger partial charge < -0.3 is 5.32 Å². The Morgan fingerprint density at radius 2 is 1.89 bits per heavy atom. The van der Waals surface area contributed by atoms with E-state index in [0.717, 1.165) is 11.1 Å². The highest BCUT2D eigenvalue weighted by Crippen LogP contribution is 2.30. The minimum absolute atomic E-state index is 0.0256. The summed E-state index contributed by atoms with van der Waals surface area (Å²) in [5.41, 5.74) is 2.16. The quantitative estimate of drug-likeness (QED) is 0.762. The molecule has 0 aliphatic carbocycles. The van der Waals surface area contributed by atoms with Crippen LogP contribution < -0.4 is 5.32 Å². The third kappa shape index (κ3) is 4.87. The van der Waals surface area contributed by atoms with Crippen LogP contribution in [0.4, 0.5) is 0 Å². The van der Waals surface area contributed by atoms with Gasteiger partial charge in [0.05, 0.1) is 10.9 Å². The summed E-state index contributed by atoms with van der Waals surface area (Å²) in [6, 6.07) is 12.3. The van der Waals surface area contributed by atoms with Gasteiger partial charge in [0.15, 0.2) is 0 Å². The molecule has 1 fully saturated rings. The van der Waals surface area contributed by atoms with Crippen molar-refractivity contribution in [2.75, 3.05) is 13.1 Å². The average molecular weight is 441 g/mol. The maximum Gasteiger partial charge on any atom is 0.244 e. The molecule has 0 bridgehead atoms. The Labute approximate surface area is 175 Å². The van der Waals surface area contributed by atoms with E-state index < -0.39 is 15.9 Å². The lowest BCUT2D eigenvalue weighted by atomic mass is 9.98. The molecule has 0 unspecified atom stereocenters. The number of benzene rings is 2. The molecule has 0 saturated carbocycles. The monoisotopic (exact) mass is 440 g/mol. The molecule has 1 saturated heterocycles. The summed E-state index contributed by atoms with van der Waals surface area (Å²) in [6.07, 6.45) is 1.26. The number of piperidine rings is 1. The van der Waals surface area contributed by atoms with Gasteiger partial charge in [0.2, 0.25) is 15.9 Å². The number of carbonyl (C=O) groups excluding carboxylic acids is 1. The Bertz CT molecular complexity index is 962. The first-order valence-corrected chi connectivity index (χ1v) is 11.3. The van der Waals surface area contributed by atoms with Crippen LogP contribution in [-0.2, 0) is 21.4 Å². The number of aryl methyl sites for hydroxylation is 1. The number of sulfonamides is 1. The van der Waals surface area contributed by atoms with Gasteiger partial charge in [0.1, 0.15) is 4.90 Å². The van der Waals surface area contributed by atoms with Crippen LogP contribution in [-0.4, -0.2) is 31.7 Å². The van der Waals surface area contributed by atoms with E-state index in [2.05, 4.69) is 5.32 Å². The van der Waals surface area contributed by atoms with E-state index in [1.54, 1.807) is 6.07 Å². The zero-order valence-electron chi connectivity index (χ0n) is 15.5. The topological polar surface area (TPSA) is 66.5 Å². The predicted octanol–water partition coefficient (Wildman–Crippen LogP) is 4.02. The van der Waals surface area contributed by atoms with Crippen molar-refractivity contribution < 1.29 is 13.2 Å². The predicted molar refractivity (Wildman–Crippen MR) is 111 cm³/mol. The number of carbonyl (C=O) groups is 1. The Balaban J connectivity index is 1.68. The minimum atomic E-state index is -3.82. The van der Waals surface area contributed by atoms with E-state index in [1.807, 2.05) is 31.2 Å². The van der Waals surface area contributed by atoms with Gasteiger partial charge in [0.25, 0.3) is 0 Å². The highest BCUT2D eigenvalue weighted by atomic mass is 35.5. The second-order valence-corrected chi connectivity index (χ2v) is 9.73. The van der Waals surface area contributed by atoms with Gasteiger partial charge in [0, 0.05) is 24.7 Å². The molecule has 1 N–H and O–H groups in total. The highest BCUT2D eigenvalue weighted by molar-refractivity contribution is 7.89. The minimum Gasteiger partial charge on any atom is -0.352 e. The van der Waals surface area contributed by atoms with Crippen molar-refractivity contribution in [1.82, 2.24) is 9.62 Å². The number of nitrogens with zero attached hydrogens (tertiary/aromatic N) is 1. The first kappa shape index (κ1) is 21.1. The van der Waals surface area contributed by atoms with Crippen LogP contribution >= 0.6 is 23.2 Å². The smallest absolute Gasteiger partial charge is 0.244 e. The van der Waals surface area contributed by atoms with Crippen molar-refractivity contribution >= 4 is 39.1 Å². The van der Waals surface area contributed by atoms with Gasteiger partial charge in [-0.05, 0) is 43.5 Å². The molecule has 28 heavy (non-hydrogen) atoms. The third-order valence-electron chi connectivity index (χ3n) is 4.85. The van der Waals surface area contributed by atoms with Gasteiger partial charge in [-0.1, -0.05) is 53.0 Å². The second-order valence-electron chi connectivity index (χ2n) is 6.98. The number of halogens is 2. The van der Waals surface area contributed by atoms with Gasteiger partial charge in [-0.25, -0.2) is 8.42 Å². The molecule has 8 heteroatoms. The molecule has 2 aromatic carbocycles. The van der Waals surface area contributed by atoms with Crippen LogP contribution in [0.1, 0.15) is 24.0 Å². The third-order valence-corrected chi connectivity index (χ3v) is 7.44. The lowest BCUT2D eigenvalue weighted by molar-refractivity contribution is -0.126. The van der Waals surface area contributed by atoms with E-state index in [9.17, 15) is 13.2 Å². The molecule has 0 aromatic heterocycles. The SMILES string of the molecule is Cc1ccc(CNC(=O)[C@@H]2CCCN(S(=O)(=O)c3cc(Cl)ccc3Cl)C2)cc1. The van der Waals surface area contributed by atoms with Crippen molar-refractivity contribution in [2.45, 2.75) is 31.2 Å². The van der Waals surface area contributed by atoms with Crippen molar-refractivity contribution in [3.8, 4) is 0 Å². The van der Waals surface area contributed by atoms with Crippen molar-refractivity contribution in [3.05, 3.63) is 63.6 Å². The summed E-state index contributed by atoms with van der Waals surface area (Å²) in [7, 11) is -3.82. The standard InChI is InChI=1S/C20H22Cl2N2O3S/c1-14-4-6-15(7-5-14)12-23-20(25)16-3-2-10-24(13-16)28(26,27)19-11-17(21)8-9-18(19)22/h4-9,11,16H,2-3,10,12-13H2,1H3,(H,23,25)/t16-/m1/s1. The summed E-state index contributed by atoms with van der Waals surface area (Å²) >= 11 is 12.0. The van der Waals surface area contributed by atoms with E-state index in [-0.39, 0.29) is 22.4 Å². The van der Waals surface area contributed by atoms with E-state index in [4.69, 9.17) is 23.2 Å². The number of amides is 1. The molecule has 0 radical (unpaired) electrons. The largest absolute Gasteiger partial charge is 0.352 e. The van der Waals surface area contributed by atoms with Gasteiger partial charge in [-0.15, -0.1) is 0 Å². The van der Waals surface area contributed by atoms with Crippen LogP contribution in [0.3, 0.4) is 0 Å². The van der Waals surface area contributed by atoms with Crippen molar-refractivity contribution in [1.29, 1.82) is 0 Å². The van der Waals surface area contributed by atoms with Gasteiger partial charge in [-0.3, -0.25) is 4.79 Å². The maximum atomic E-state index is 13.0. The lowest BCUT2D eigenvalue weighted by Gasteiger charge is -2.31. The summed E-state index contributed by atoms with van der Waals surface area (Å²) < 4.78 is 27.3. The molecular formula is C20H22Cl2N2O3S. The Hall–Kier alpha value is -1.60. The molecule has 1 amide bonds. The fourth-order valence-corrected chi connectivity index (χ4v) is 5.49. The molecule has 1 aliphatic rings. The molecule has 1 heterocycles. The Morgan fingerprint density at radius 3 is 2.61 bits per heavy atom. The number of rotatable bonds is 5. The molecule has 150 valence electrons. The van der Waals surface area contributed by atoms with Crippen LogP contribution in [0.5, 0.6) is 0 Å². The molecule has 5 nitrogen and oxygen atoms in total. The summed E-state index contributed by atoms with van der Waals surface area (Å²) in [5, 5.41) is 3.33. The van der Waals surface area contributed by atoms with Crippen LogP contribution in [0.25, 0.3) is 0 Å². The van der Waals surface area contributed by atoms with Crippen LogP contribution in [0, 0.1) is 12.8 Å². The van der Waals surface area contributed by atoms with Gasteiger partial charge in [-0.2, -0.15) is 4.31 Å². The van der Waals surface area contributed by atoms with Crippen molar-refractivity contribution in [3.63, 3.8) is 0 Å². The van der Waals surface area contributed by atoms with Crippen molar-refractivity contribution in [2.24, 2.45) is 5.92 Å². The second kappa shape index (κ2) is 8.82. The van der Waals surface area contributed by atoms with E-state index >= 15 is 0 Å². The molecule has 1 atom stereocenters. The summed E-state index contributed by atoms with van der Waals surface area (Å²) in [6.45, 7) is 2.91. The van der Waals surface area contributed by atoms with E-state index in [0.29, 0.717) is 31.0 Å². The zero-order valence-corrected chi connectivity index (χ0v) is 17.8. The molecule has 1 aliphatic heterocycles. The first-order chi connectivity index (χ1) is 13.3. The molecule has 3 rings (SSSR count). The normalized spacial score (nSPS) is 18.0. The Kier molecular flexibility index (Phi) is 6.65. The molecular weight excluding hydrogens is 419 g/mol. The molecule has 2 aromatic rings. The van der Waals surface area contributed by atoms with Gasteiger partial charge >= 0.3 is 0 Å². The number of nitrogens with one attached hydrogen (secondary N) is 1. The van der Waals surface area contributed by atoms with Crippen LogP contribution in [0.2, 0.25) is 10.0 Å². The first-order valence-electron chi connectivity index (χ1n) is 9.06.